The highest BCUT2D eigenvalue weighted by molar-refractivity contribution is 5.99. The van der Waals surface area contributed by atoms with E-state index >= 15 is 0 Å². The normalized spacial score (nSPS) is 15.6. The van der Waals surface area contributed by atoms with Crippen molar-refractivity contribution >= 4 is 23.6 Å². The van der Waals surface area contributed by atoms with E-state index in [2.05, 4.69) is 32.0 Å². The van der Waals surface area contributed by atoms with E-state index < -0.39 is 6.04 Å². The van der Waals surface area contributed by atoms with E-state index in [-0.39, 0.29) is 17.7 Å². The number of phenols is 1. The predicted molar refractivity (Wildman–Crippen MR) is 143 cm³/mol. The summed E-state index contributed by atoms with van der Waals surface area (Å²) >= 11 is 0. The van der Waals surface area contributed by atoms with E-state index in [0.717, 1.165) is 51.2 Å². The number of fused-ring (bicyclic) bond motifs is 1. The van der Waals surface area contributed by atoms with Crippen LogP contribution in [0, 0.1) is 20.8 Å². The second kappa shape index (κ2) is 9.92. The van der Waals surface area contributed by atoms with Gasteiger partial charge in [0.05, 0.1) is 12.0 Å². The number of amides is 1. The minimum absolute atomic E-state index is 0.0360. The number of nitrogens with two attached hydrogens (primary N) is 1. The molecule has 1 aliphatic rings. The van der Waals surface area contributed by atoms with Crippen molar-refractivity contribution in [3.8, 4) is 16.9 Å². The fourth-order valence-corrected chi connectivity index (χ4v) is 4.71. The van der Waals surface area contributed by atoms with Gasteiger partial charge in [-0.15, -0.1) is 0 Å². The van der Waals surface area contributed by atoms with Gasteiger partial charge in [-0.25, -0.2) is 4.99 Å². The monoisotopic (exact) mass is 470 g/mol. The van der Waals surface area contributed by atoms with Gasteiger partial charge in [0, 0.05) is 30.9 Å². The Morgan fingerprint density at radius 2 is 1.83 bits per heavy atom. The molecule has 3 N–H and O–H groups in total. The van der Waals surface area contributed by atoms with Crippen LogP contribution in [0.15, 0.2) is 59.6 Å². The third-order valence-corrected chi connectivity index (χ3v) is 6.57. The minimum atomic E-state index is -0.589. The summed E-state index contributed by atoms with van der Waals surface area (Å²) in [4.78, 5) is 22.4. The Kier molecular flexibility index (Phi) is 6.94. The van der Waals surface area contributed by atoms with Gasteiger partial charge in [0.25, 0.3) is 0 Å². The fraction of sp³-hybridized carbons (Fsp3) is 0.310. The van der Waals surface area contributed by atoms with Crippen LogP contribution in [0.2, 0.25) is 0 Å². The first kappa shape index (κ1) is 24.5. The third kappa shape index (κ3) is 5.08. The van der Waals surface area contributed by atoms with Crippen molar-refractivity contribution in [3.05, 3.63) is 76.9 Å². The number of benzene rings is 3. The highest BCUT2D eigenvalue weighted by Crippen LogP contribution is 2.41. The number of likely N-dealkylation sites (N-methyl/N-ethyl adjacent to an activating group) is 1. The van der Waals surface area contributed by atoms with Gasteiger partial charge in [0.2, 0.25) is 5.91 Å². The molecule has 6 nitrogen and oxygen atoms in total. The molecule has 1 heterocycles. The Bertz CT molecular complexity index is 1260. The maximum Gasteiger partial charge on any atom is 0.250 e. The van der Waals surface area contributed by atoms with E-state index in [4.69, 9.17) is 10.7 Å². The molecule has 0 bridgehead atoms. The lowest BCUT2D eigenvalue weighted by atomic mass is 9.91. The minimum Gasteiger partial charge on any atom is -0.508 e. The summed E-state index contributed by atoms with van der Waals surface area (Å²) in [5.74, 6) is 0.168. The SMILES string of the molecule is CC[C@H](N)CN(C)C(=O)C1c2cc(-c3cccc(O)c3)c(C)cc2N=CN1c1cc(C)cc(C)c1. The number of aryl methyl sites for hydroxylation is 3. The number of rotatable bonds is 6. The van der Waals surface area contributed by atoms with Crippen LogP contribution >= 0.6 is 0 Å². The Labute approximate surface area is 207 Å². The van der Waals surface area contributed by atoms with Gasteiger partial charge in [-0.05, 0) is 91.4 Å². The topological polar surface area (TPSA) is 82.2 Å². The molecule has 0 saturated heterocycles. The number of hydrogen-bond acceptors (Lipinski definition) is 5. The van der Waals surface area contributed by atoms with Crippen LogP contribution in [0.4, 0.5) is 11.4 Å². The van der Waals surface area contributed by atoms with Crippen molar-refractivity contribution in [2.75, 3.05) is 18.5 Å². The second-order valence-electron chi connectivity index (χ2n) is 9.56. The number of carbonyl (C=O) groups is 1. The van der Waals surface area contributed by atoms with Crippen molar-refractivity contribution in [1.29, 1.82) is 0 Å². The van der Waals surface area contributed by atoms with Crippen molar-refractivity contribution in [1.82, 2.24) is 4.90 Å². The summed E-state index contributed by atoms with van der Waals surface area (Å²) in [6.07, 6.45) is 2.56. The number of hydrogen-bond donors (Lipinski definition) is 2. The van der Waals surface area contributed by atoms with E-state index in [1.165, 1.54) is 0 Å². The van der Waals surface area contributed by atoms with Gasteiger partial charge < -0.3 is 20.6 Å². The van der Waals surface area contributed by atoms with Crippen LogP contribution in [0.1, 0.15) is 41.6 Å². The van der Waals surface area contributed by atoms with Gasteiger partial charge in [-0.3, -0.25) is 4.79 Å². The zero-order valence-corrected chi connectivity index (χ0v) is 21.1. The summed E-state index contributed by atoms with van der Waals surface area (Å²) in [5, 5.41) is 10.1. The van der Waals surface area contributed by atoms with Crippen molar-refractivity contribution in [2.45, 2.75) is 46.2 Å². The molecule has 1 unspecified atom stereocenters. The van der Waals surface area contributed by atoms with Crippen LogP contribution in [-0.4, -0.2) is 41.9 Å². The number of carbonyl (C=O) groups excluding carboxylic acids is 1. The lowest BCUT2D eigenvalue weighted by molar-refractivity contribution is -0.131. The molecule has 4 rings (SSSR count). The molecular formula is C29H34N4O2. The van der Waals surface area contributed by atoms with E-state index in [1.807, 2.05) is 50.1 Å². The molecule has 3 aromatic rings. The maximum atomic E-state index is 14.0. The molecule has 0 fully saturated rings. The molecule has 3 aromatic carbocycles. The largest absolute Gasteiger partial charge is 0.508 e. The maximum absolute atomic E-state index is 14.0. The quantitative estimate of drug-likeness (QED) is 0.505. The molecule has 2 atom stereocenters. The van der Waals surface area contributed by atoms with Gasteiger partial charge in [-0.2, -0.15) is 0 Å². The highest BCUT2D eigenvalue weighted by Gasteiger charge is 2.35. The molecule has 0 spiro atoms. The number of phenolic OH excluding ortho intramolecular Hbond substituents is 1. The summed E-state index contributed by atoms with van der Waals surface area (Å²) in [7, 11) is 1.81. The third-order valence-electron chi connectivity index (χ3n) is 6.57. The Balaban J connectivity index is 1.87. The smallest absolute Gasteiger partial charge is 0.250 e. The van der Waals surface area contributed by atoms with E-state index in [9.17, 15) is 9.90 Å². The van der Waals surface area contributed by atoms with Gasteiger partial charge in [0.1, 0.15) is 11.8 Å². The molecule has 0 radical (unpaired) electrons. The Morgan fingerprint density at radius 3 is 2.49 bits per heavy atom. The Hall–Kier alpha value is -3.64. The summed E-state index contributed by atoms with van der Waals surface area (Å²) in [6, 6.07) is 16.8. The van der Waals surface area contributed by atoms with Crippen LogP contribution in [0.25, 0.3) is 11.1 Å². The average molecular weight is 471 g/mol. The predicted octanol–water partition coefficient (Wildman–Crippen LogP) is 5.40. The van der Waals surface area contributed by atoms with Crippen LogP contribution < -0.4 is 10.6 Å². The molecule has 6 heteroatoms. The first-order valence-corrected chi connectivity index (χ1v) is 12.0. The molecular weight excluding hydrogens is 436 g/mol. The lowest BCUT2D eigenvalue weighted by Gasteiger charge is -2.36. The zero-order valence-electron chi connectivity index (χ0n) is 21.1. The van der Waals surface area contributed by atoms with Crippen LogP contribution in [0.3, 0.4) is 0 Å². The molecule has 0 aliphatic carbocycles. The van der Waals surface area contributed by atoms with Gasteiger partial charge in [-0.1, -0.05) is 25.1 Å². The zero-order chi connectivity index (χ0) is 25.3. The summed E-state index contributed by atoms with van der Waals surface area (Å²) in [6.45, 7) is 8.63. The van der Waals surface area contributed by atoms with Gasteiger partial charge >= 0.3 is 0 Å². The van der Waals surface area contributed by atoms with Crippen LogP contribution in [0.5, 0.6) is 5.75 Å². The first-order chi connectivity index (χ1) is 16.7. The number of aromatic hydroxyl groups is 1. The second-order valence-corrected chi connectivity index (χ2v) is 9.56. The Morgan fingerprint density at radius 1 is 1.11 bits per heavy atom. The summed E-state index contributed by atoms with van der Waals surface area (Å²) < 4.78 is 0. The summed E-state index contributed by atoms with van der Waals surface area (Å²) in [5.41, 5.74) is 13.8. The molecule has 0 saturated carbocycles. The van der Waals surface area contributed by atoms with Crippen molar-refractivity contribution < 1.29 is 9.90 Å². The fourth-order valence-electron chi connectivity index (χ4n) is 4.71. The standard InChI is InChI=1S/C29H34N4O2/c1-6-22(30)16-32(5)29(35)28-26-15-25(21-8-7-9-24(34)14-21)20(4)13-27(26)31-17-33(28)23-11-18(2)10-19(3)12-23/h7-15,17,22,28,34H,6,16,30H2,1-5H3/t22-,28?/m0/s1. The number of aliphatic imine (C=N–C) groups is 1. The molecule has 35 heavy (non-hydrogen) atoms. The van der Waals surface area contributed by atoms with Crippen LogP contribution in [-0.2, 0) is 4.79 Å². The number of nitrogens with zero attached hydrogens (tertiary/aromatic N) is 3. The highest BCUT2D eigenvalue weighted by atomic mass is 16.3. The van der Waals surface area contributed by atoms with E-state index in [0.29, 0.717) is 6.54 Å². The molecule has 1 amide bonds. The first-order valence-electron chi connectivity index (χ1n) is 12.0. The lowest BCUT2D eigenvalue weighted by Crippen LogP contribution is -2.46. The molecule has 0 aromatic heterocycles. The molecule has 182 valence electrons. The molecule has 1 aliphatic heterocycles. The van der Waals surface area contributed by atoms with Crippen molar-refractivity contribution in [3.63, 3.8) is 0 Å². The van der Waals surface area contributed by atoms with Gasteiger partial charge in [0.15, 0.2) is 0 Å². The average Bonchev–Trinajstić information content (AvgIpc) is 2.81. The van der Waals surface area contributed by atoms with E-state index in [1.54, 1.807) is 23.4 Å². The number of anilines is 1. The van der Waals surface area contributed by atoms with Crippen molar-refractivity contribution in [2.24, 2.45) is 10.7 Å².